The number of allylic oxidation sites excluding steroid dienone is 5. The van der Waals surface area contributed by atoms with Gasteiger partial charge in [-0.15, -0.1) is 0 Å². The fraction of sp³-hybridized carbons (Fsp3) is 0.500. The van der Waals surface area contributed by atoms with Crippen LogP contribution in [0.2, 0.25) is 0 Å². The van der Waals surface area contributed by atoms with Gasteiger partial charge in [0.1, 0.15) is 5.83 Å². The van der Waals surface area contributed by atoms with Crippen molar-refractivity contribution in [2.45, 2.75) is 31.7 Å². The molecule has 1 aliphatic heterocycles. The Hall–Kier alpha value is -1.42. The predicted octanol–water partition coefficient (Wildman–Crippen LogP) is 2.31. The molecule has 1 heterocycles. The molecule has 3 nitrogen and oxygen atoms in total. The van der Waals surface area contributed by atoms with Crippen molar-refractivity contribution in [3.8, 4) is 0 Å². The summed E-state index contributed by atoms with van der Waals surface area (Å²) in [7, 11) is 1.90. The lowest BCUT2D eigenvalue weighted by atomic mass is 9.84. The zero-order chi connectivity index (χ0) is 13.6. The molecule has 0 radical (unpaired) electrons. The second-order valence-electron chi connectivity index (χ2n) is 4.60. The largest absolute Gasteiger partial charge is 0.374 e. The molecule has 18 heavy (non-hydrogen) atoms. The highest BCUT2D eigenvalue weighted by Gasteiger charge is 2.32. The molecule has 0 spiro atoms. The Labute approximate surface area is 108 Å². The van der Waals surface area contributed by atoms with Crippen LogP contribution in [0.15, 0.2) is 36.3 Å². The maximum atomic E-state index is 13.2. The van der Waals surface area contributed by atoms with Crippen LogP contribution in [-0.4, -0.2) is 29.8 Å². The zero-order valence-electron chi connectivity index (χ0n) is 11.0. The minimum atomic E-state index is -0.421. The van der Waals surface area contributed by atoms with Crippen molar-refractivity contribution in [3.05, 3.63) is 36.3 Å². The molecule has 0 amide bonds. The first-order chi connectivity index (χ1) is 8.54. The molecule has 100 valence electrons. The van der Waals surface area contributed by atoms with Gasteiger partial charge in [-0.1, -0.05) is 6.92 Å². The Balaban J connectivity index is 3.10. The van der Waals surface area contributed by atoms with Gasteiger partial charge in [0, 0.05) is 19.0 Å². The van der Waals surface area contributed by atoms with E-state index in [-0.39, 0.29) is 11.3 Å². The third-order valence-electron chi connectivity index (χ3n) is 3.51. The molecule has 1 rings (SSSR count). The molecule has 2 N–H and O–H groups in total. The second-order valence-corrected chi connectivity index (χ2v) is 4.60. The number of carbonyl (C=O) groups is 1. The molecular formula is C14H21FN2O. The topological polar surface area (TPSA) is 46.3 Å². The van der Waals surface area contributed by atoms with Crippen LogP contribution >= 0.6 is 0 Å². The van der Waals surface area contributed by atoms with E-state index < -0.39 is 5.83 Å². The highest BCUT2D eigenvalue weighted by atomic mass is 19.1. The fourth-order valence-electron chi connectivity index (χ4n) is 2.24. The van der Waals surface area contributed by atoms with Crippen LogP contribution in [0.25, 0.3) is 0 Å². The van der Waals surface area contributed by atoms with E-state index in [9.17, 15) is 9.18 Å². The van der Waals surface area contributed by atoms with E-state index in [0.717, 1.165) is 12.8 Å². The van der Waals surface area contributed by atoms with Crippen molar-refractivity contribution < 1.29 is 9.18 Å². The van der Waals surface area contributed by atoms with Crippen molar-refractivity contribution >= 4 is 5.78 Å². The van der Waals surface area contributed by atoms with Crippen LogP contribution in [0, 0.1) is 0 Å². The predicted molar refractivity (Wildman–Crippen MR) is 71.6 cm³/mol. The van der Waals surface area contributed by atoms with Crippen molar-refractivity contribution in [3.63, 3.8) is 0 Å². The Morgan fingerprint density at radius 1 is 1.50 bits per heavy atom. The molecule has 0 aliphatic carbocycles. The van der Waals surface area contributed by atoms with E-state index in [0.29, 0.717) is 13.0 Å². The average molecular weight is 252 g/mol. The molecule has 4 heteroatoms. The molecule has 0 aromatic heterocycles. The number of nitrogens with zero attached hydrogens (tertiary/aromatic N) is 1. The maximum Gasteiger partial charge on any atom is 0.158 e. The summed E-state index contributed by atoms with van der Waals surface area (Å²) in [6, 6.07) is 0. The van der Waals surface area contributed by atoms with Crippen molar-refractivity contribution in [1.82, 2.24) is 4.90 Å². The van der Waals surface area contributed by atoms with Crippen LogP contribution in [0.5, 0.6) is 0 Å². The molecule has 0 saturated carbocycles. The van der Waals surface area contributed by atoms with E-state index in [1.807, 2.05) is 18.9 Å². The number of halogens is 1. The van der Waals surface area contributed by atoms with Gasteiger partial charge >= 0.3 is 0 Å². The molecule has 1 atom stereocenters. The van der Waals surface area contributed by atoms with Crippen LogP contribution in [-0.2, 0) is 4.79 Å². The molecule has 1 unspecified atom stereocenters. The first-order valence-electron chi connectivity index (χ1n) is 6.22. The van der Waals surface area contributed by atoms with Gasteiger partial charge in [0.25, 0.3) is 0 Å². The number of nitrogens with two attached hydrogens (primary N) is 1. The van der Waals surface area contributed by atoms with Gasteiger partial charge in [-0.2, -0.15) is 0 Å². The van der Waals surface area contributed by atoms with Crippen LogP contribution in [0.1, 0.15) is 26.2 Å². The monoisotopic (exact) mass is 252 g/mol. The molecule has 1 aliphatic rings. The highest BCUT2D eigenvalue weighted by molar-refractivity contribution is 5.91. The minimum absolute atomic E-state index is 0.0731. The van der Waals surface area contributed by atoms with Gasteiger partial charge in [0.2, 0.25) is 0 Å². The van der Waals surface area contributed by atoms with Gasteiger partial charge in [0.05, 0.1) is 0 Å². The smallest absolute Gasteiger partial charge is 0.158 e. The lowest BCUT2D eigenvalue weighted by Gasteiger charge is -2.40. The van der Waals surface area contributed by atoms with Crippen molar-refractivity contribution in [2.75, 3.05) is 13.6 Å². The molecule has 0 saturated heterocycles. The lowest BCUT2D eigenvalue weighted by molar-refractivity contribution is -0.117. The summed E-state index contributed by atoms with van der Waals surface area (Å²) >= 11 is 0. The van der Waals surface area contributed by atoms with Gasteiger partial charge in [-0.05, 0) is 49.9 Å². The molecule has 0 aromatic rings. The molecular weight excluding hydrogens is 231 g/mol. The SMILES string of the molecule is CCC1(CCN)CC(=O)/C=C/C(F)=C\C=C\N1C. The van der Waals surface area contributed by atoms with E-state index in [4.69, 9.17) is 5.73 Å². The third kappa shape index (κ3) is 3.53. The molecule has 0 bridgehead atoms. The third-order valence-corrected chi connectivity index (χ3v) is 3.51. The standard InChI is InChI=1S/C14H21FN2O/c1-3-14(8-9-16)11-13(18)7-6-12(15)5-4-10-17(14)2/h4-7,10H,3,8-9,11,16H2,1-2H3/b7-6+,10-4+,12-5+. The van der Waals surface area contributed by atoms with E-state index in [1.54, 1.807) is 12.3 Å². The van der Waals surface area contributed by atoms with Crippen LogP contribution in [0.4, 0.5) is 4.39 Å². The Morgan fingerprint density at radius 2 is 2.22 bits per heavy atom. The number of hydrogen-bond donors (Lipinski definition) is 1. The second kappa shape index (κ2) is 6.50. The maximum absolute atomic E-state index is 13.2. The summed E-state index contributed by atoms with van der Waals surface area (Å²) in [6.45, 7) is 2.56. The van der Waals surface area contributed by atoms with Gasteiger partial charge < -0.3 is 10.6 Å². The normalized spacial score (nSPS) is 31.7. The van der Waals surface area contributed by atoms with Crippen molar-refractivity contribution in [1.29, 1.82) is 0 Å². The Morgan fingerprint density at radius 3 is 2.83 bits per heavy atom. The van der Waals surface area contributed by atoms with E-state index >= 15 is 0 Å². The minimum Gasteiger partial charge on any atom is -0.374 e. The van der Waals surface area contributed by atoms with Crippen LogP contribution < -0.4 is 5.73 Å². The highest BCUT2D eigenvalue weighted by Crippen LogP contribution is 2.28. The van der Waals surface area contributed by atoms with Gasteiger partial charge in [0.15, 0.2) is 5.78 Å². The summed E-state index contributed by atoms with van der Waals surface area (Å²) in [4.78, 5) is 13.8. The summed E-state index contributed by atoms with van der Waals surface area (Å²) < 4.78 is 13.2. The number of carbonyl (C=O) groups excluding carboxylic acids is 1. The van der Waals surface area contributed by atoms with E-state index in [2.05, 4.69) is 0 Å². The molecule has 0 fully saturated rings. The molecule has 0 aromatic carbocycles. The Bertz CT molecular complexity index is 387. The quantitative estimate of drug-likeness (QED) is 0.838. The lowest BCUT2D eigenvalue weighted by Crippen LogP contribution is -2.46. The number of ketones is 1. The fourth-order valence-corrected chi connectivity index (χ4v) is 2.24. The summed E-state index contributed by atoms with van der Waals surface area (Å²) in [5.41, 5.74) is 5.37. The average Bonchev–Trinajstić information content (AvgIpc) is 2.34. The van der Waals surface area contributed by atoms with Crippen molar-refractivity contribution in [2.24, 2.45) is 5.73 Å². The first-order valence-corrected chi connectivity index (χ1v) is 6.22. The van der Waals surface area contributed by atoms with Crippen LogP contribution in [0.3, 0.4) is 0 Å². The van der Waals surface area contributed by atoms with Gasteiger partial charge in [-0.3, -0.25) is 4.79 Å². The van der Waals surface area contributed by atoms with Gasteiger partial charge in [-0.25, -0.2) is 4.39 Å². The first kappa shape index (κ1) is 14.6. The Kier molecular flexibility index (Phi) is 5.28. The number of rotatable bonds is 3. The zero-order valence-corrected chi connectivity index (χ0v) is 11.0. The van der Waals surface area contributed by atoms with E-state index in [1.165, 1.54) is 18.2 Å². The summed E-state index contributed by atoms with van der Waals surface area (Å²) in [5, 5.41) is 0. The number of hydrogen-bond acceptors (Lipinski definition) is 3. The summed E-state index contributed by atoms with van der Waals surface area (Å²) in [6.07, 6.45) is 9.20. The summed E-state index contributed by atoms with van der Waals surface area (Å²) in [5.74, 6) is -0.494.